The lowest BCUT2D eigenvalue weighted by atomic mass is 10.0. The molecule has 0 radical (unpaired) electrons. The first-order chi connectivity index (χ1) is 12.0. The van der Waals surface area contributed by atoms with Crippen molar-refractivity contribution in [2.45, 2.75) is 25.8 Å². The van der Waals surface area contributed by atoms with E-state index in [1.54, 1.807) is 24.3 Å². The quantitative estimate of drug-likeness (QED) is 0.887. The van der Waals surface area contributed by atoms with Crippen LogP contribution in [0, 0.1) is 0 Å². The summed E-state index contributed by atoms with van der Waals surface area (Å²) in [7, 11) is 0. The average Bonchev–Trinajstić information content (AvgIpc) is 2.61. The van der Waals surface area contributed by atoms with Crippen LogP contribution in [-0.4, -0.2) is 17.8 Å². The number of nitrogens with zero attached hydrogens (tertiary/aromatic N) is 1. The summed E-state index contributed by atoms with van der Waals surface area (Å²) >= 11 is 5.90. The summed E-state index contributed by atoms with van der Waals surface area (Å²) in [6.45, 7) is 2.09. The molecule has 0 saturated heterocycles. The van der Waals surface area contributed by atoms with E-state index in [9.17, 15) is 9.59 Å². The predicted octanol–water partition coefficient (Wildman–Crippen LogP) is 3.25. The minimum absolute atomic E-state index is 0.158. The first-order valence-corrected chi connectivity index (χ1v) is 8.46. The zero-order chi connectivity index (χ0) is 17.8. The van der Waals surface area contributed by atoms with E-state index in [1.807, 2.05) is 24.3 Å². The lowest BCUT2D eigenvalue weighted by molar-refractivity contribution is -0.120. The van der Waals surface area contributed by atoms with E-state index in [1.165, 1.54) is 5.56 Å². The normalized spacial score (nSPS) is 16.8. The fourth-order valence-corrected chi connectivity index (χ4v) is 2.82. The van der Waals surface area contributed by atoms with Crippen molar-refractivity contribution in [3.8, 4) is 0 Å². The third-order valence-corrected chi connectivity index (χ3v) is 4.25. The number of aryl methyl sites for hydroxylation is 1. The van der Waals surface area contributed by atoms with Gasteiger partial charge in [-0.15, -0.1) is 0 Å². The minimum Gasteiger partial charge on any atom is -0.296 e. The zero-order valence-corrected chi connectivity index (χ0v) is 14.5. The Labute approximate surface area is 151 Å². The third kappa shape index (κ3) is 4.25. The molecule has 25 heavy (non-hydrogen) atoms. The topological polar surface area (TPSA) is 70.6 Å². The summed E-state index contributed by atoms with van der Waals surface area (Å²) in [4.78, 5) is 28.8. The third-order valence-electron chi connectivity index (χ3n) is 4.01. The molecule has 0 spiro atoms. The van der Waals surface area contributed by atoms with Crippen LogP contribution in [0.5, 0.6) is 0 Å². The first kappa shape index (κ1) is 17.2. The Bertz CT molecular complexity index is 831. The van der Waals surface area contributed by atoms with Gasteiger partial charge in [0.2, 0.25) is 11.9 Å². The number of rotatable bonds is 3. The van der Waals surface area contributed by atoms with Gasteiger partial charge in [0.15, 0.2) is 0 Å². The van der Waals surface area contributed by atoms with Crippen LogP contribution >= 0.6 is 11.6 Å². The lowest BCUT2D eigenvalue weighted by Gasteiger charge is -2.21. The maximum absolute atomic E-state index is 12.3. The Morgan fingerprint density at radius 1 is 1.28 bits per heavy atom. The molecule has 2 aromatic carbocycles. The van der Waals surface area contributed by atoms with Gasteiger partial charge in [0.1, 0.15) is 0 Å². The molecule has 1 aliphatic rings. The summed E-state index contributed by atoms with van der Waals surface area (Å²) in [5.74, 6) is -0.393. The number of aliphatic imine (C=N–C) groups is 1. The van der Waals surface area contributed by atoms with Crippen molar-refractivity contribution in [2.24, 2.45) is 4.99 Å². The highest BCUT2D eigenvalue weighted by molar-refractivity contribution is 6.31. The van der Waals surface area contributed by atoms with Crippen LogP contribution in [0.3, 0.4) is 0 Å². The number of halogens is 1. The molecule has 2 aromatic rings. The summed E-state index contributed by atoms with van der Waals surface area (Å²) in [5, 5.41) is 5.70. The molecule has 1 unspecified atom stereocenters. The zero-order valence-electron chi connectivity index (χ0n) is 13.8. The van der Waals surface area contributed by atoms with Crippen molar-refractivity contribution in [3.63, 3.8) is 0 Å². The van der Waals surface area contributed by atoms with Gasteiger partial charge in [0.25, 0.3) is 5.91 Å². The van der Waals surface area contributed by atoms with Crippen molar-refractivity contribution in [1.29, 1.82) is 0 Å². The van der Waals surface area contributed by atoms with Crippen molar-refractivity contribution in [2.75, 3.05) is 0 Å². The molecule has 5 nitrogen and oxygen atoms in total. The Morgan fingerprint density at radius 2 is 2.04 bits per heavy atom. The van der Waals surface area contributed by atoms with E-state index in [4.69, 9.17) is 11.6 Å². The monoisotopic (exact) mass is 355 g/mol. The molecule has 0 aromatic heterocycles. The molecule has 2 N–H and O–H groups in total. The van der Waals surface area contributed by atoms with E-state index < -0.39 is 0 Å². The van der Waals surface area contributed by atoms with Crippen LogP contribution in [0.2, 0.25) is 5.02 Å². The van der Waals surface area contributed by atoms with Crippen molar-refractivity contribution < 1.29 is 9.59 Å². The molecule has 128 valence electrons. The van der Waals surface area contributed by atoms with Crippen LogP contribution in [0.25, 0.3) is 0 Å². The number of nitrogens with one attached hydrogen (secondary N) is 2. The molecule has 0 fully saturated rings. The van der Waals surface area contributed by atoms with Gasteiger partial charge in [0.05, 0.1) is 12.5 Å². The van der Waals surface area contributed by atoms with Crippen LogP contribution in [0.1, 0.15) is 40.9 Å². The fraction of sp³-hybridized carbons (Fsp3) is 0.211. The molecule has 1 atom stereocenters. The summed E-state index contributed by atoms with van der Waals surface area (Å²) < 4.78 is 0. The summed E-state index contributed by atoms with van der Waals surface area (Å²) in [6.07, 6.45) is 1.21. The molecular formula is C19H18ClN3O2. The van der Waals surface area contributed by atoms with Gasteiger partial charge in [-0.3, -0.25) is 20.2 Å². The Kier molecular flexibility index (Phi) is 5.14. The summed E-state index contributed by atoms with van der Waals surface area (Å²) in [5.41, 5.74) is 2.57. The van der Waals surface area contributed by atoms with E-state index in [0.29, 0.717) is 10.6 Å². The smallest absolute Gasteiger partial charge is 0.258 e. The molecule has 1 heterocycles. The first-order valence-electron chi connectivity index (χ1n) is 8.08. The second-order valence-electron chi connectivity index (χ2n) is 5.81. The highest BCUT2D eigenvalue weighted by Crippen LogP contribution is 2.24. The van der Waals surface area contributed by atoms with Gasteiger partial charge in [-0.05, 0) is 35.7 Å². The van der Waals surface area contributed by atoms with Crippen LogP contribution in [0.4, 0.5) is 0 Å². The number of carbonyl (C=O) groups is 2. The van der Waals surface area contributed by atoms with Crippen molar-refractivity contribution in [3.05, 3.63) is 70.2 Å². The van der Waals surface area contributed by atoms with E-state index >= 15 is 0 Å². The SMILES string of the molecule is CCc1ccc(C2CC(=O)NC(NC(=O)c3cccc(Cl)c3)=N2)cc1. The average molecular weight is 356 g/mol. The lowest BCUT2D eigenvalue weighted by Crippen LogP contribution is -2.47. The van der Waals surface area contributed by atoms with Gasteiger partial charge < -0.3 is 0 Å². The maximum atomic E-state index is 12.3. The van der Waals surface area contributed by atoms with Crippen molar-refractivity contribution in [1.82, 2.24) is 10.6 Å². The molecular weight excluding hydrogens is 338 g/mol. The fourth-order valence-electron chi connectivity index (χ4n) is 2.63. The van der Waals surface area contributed by atoms with Gasteiger partial charge in [-0.25, -0.2) is 4.99 Å². The number of hydrogen-bond acceptors (Lipinski definition) is 3. The van der Waals surface area contributed by atoms with E-state index in [2.05, 4.69) is 22.5 Å². The van der Waals surface area contributed by atoms with Gasteiger partial charge in [-0.1, -0.05) is 48.9 Å². The van der Waals surface area contributed by atoms with Crippen LogP contribution in [0.15, 0.2) is 53.5 Å². The van der Waals surface area contributed by atoms with Crippen LogP contribution in [-0.2, 0) is 11.2 Å². The molecule has 0 aliphatic carbocycles. The number of carbonyl (C=O) groups excluding carboxylic acids is 2. The Balaban J connectivity index is 1.78. The number of benzene rings is 2. The van der Waals surface area contributed by atoms with Crippen LogP contribution < -0.4 is 10.6 Å². The van der Waals surface area contributed by atoms with Crippen molar-refractivity contribution >= 4 is 29.4 Å². The molecule has 6 heteroatoms. The van der Waals surface area contributed by atoms with Gasteiger partial charge in [0, 0.05) is 10.6 Å². The molecule has 2 amide bonds. The minimum atomic E-state index is -0.372. The molecule has 1 aliphatic heterocycles. The highest BCUT2D eigenvalue weighted by Gasteiger charge is 2.23. The second kappa shape index (κ2) is 7.49. The molecule has 3 rings (SSSR count). The Morgan fingerprint density at radius 3 is 2.72 bits per heavy atom. The summed E-state index contributed by atoms with van der Waals surface area (Å²) in [6, 6.07) is 14.3. The Hall–Kier alpha value is -2.66. The number of guanidine groups is 1. The standard InChI is InChI=1S/C19H18ClN3O2/c1-2-12-6-8-13(9-7-12)16-11-17(24)22-19(21-16)23-18(25)14-4-3-5-15(20)10-14/h3-10,16H,2,11H2,1H3,(H2,21,22,23,24,25). The van der Waals surface area contributed by atoms with E-state index in [0.717, 1.165) is 12.0 Å². The second-order valence-corrected chi connectivity index (χ2v) is 6.24. The van der Waals surface area contributed by atoms with E-state index in [-0.39, 0.29) is 30.2 Å². The van der Waals surface area contributed by atoms with Gasteiger partial charge in [-0.2, -0.15) is 0 Å². The highest BCUT2D eigenvalue weighted by atomic mass is 35.5. The number of hydrogen-bond donors (Lipinski definition) is 2. The predicted molar refractivity (Wildman–Crippen MR) is 97.7 cm³/mol. The van der Waals surface area contributed by atoms with Gasteiger partial charge >= 0.3 is 0 Å². The molecule has 0 bridgehead atoms. The maximum Gasteiger partial charge on any atom is 0.258 e. The largest absolute Gasteiger partial charge is 0.296 e. The molecule has 0 saturated carbocycles. The number of amides is 2.